The number of hydrogen-bond donors (Lipinski definition) is 0. The van der Waals surface area contributed by atoms with Gasteiger partial charge in [0.25, 0.3) is 0 Å². The number of anilines is 3. The normalized spacial score (nSPS) is 13.8. The van der Waals surface area contributed by atoms with Crippen molar-refractivity contribution >= 4 is 22.7 Å². The van der Waals surface area contributed by atoms with Gasteiger partial charge in [0.1, 0.15) is 0 Å². The monoisotopic (exact) mass is 387 g/mol. The topological polar surface area (TPSA) is 20.5 Å². The molecule has 3 nitrogen and oxygen atoms in total. The Morgan fingerprint density at radius 2 is 1.37 bits per heavy atom. The lowest BCUT2D eigenvalue weighted by atomic mass is 9.73. The standard InChI is InChI=1S/C27H21N3/c1-27(2)22-8-4-6-10-25(22)30(26-11-7-5-9-23(26)27)21-15-12-19(13-16-21)24-17-14-20(28-3)18-29-24/h4-18H,1-2H3. The van der Waals surface area contributed by atoms with Crippen LogP contribution in [0.25, 0.3) is 16.1 Å². The summed E-state index contributed by atoms with van der Waals surface area (Å²) in [5.41, 5.74) is 8.60. The lowest BCUT2D eigenvalue weighted by molar-refractivity contribution is 0.632. The molecular weight excluding hydrogens is 366 g/mol. The number of aromatic nitrogens is 1. The van der Waals surface area contributed by atoms with Crippen LogP contribution in [0.15, 0.2) is 91.1 Å². The average Bonchev–Trinajstić information content (AvgIpc) is 2.80. The Morgan fingerprint density at radius 3 is 1.90 bits per heavy atom. The Kier molecular flexibility index (Phi) is 4.15. The molecule has 3 heteroatoms. The number of benzene rings is 3. The Labute approximate surface area is 177 Å². The van der Waals surface area contributed by atoms with Crippen LogP contribution in [0, 0.1) is 6.57 Å². The Morgan fingerprint density at radius 1 is 0.767 bits per heavy atom. The zero-order valence-corrected chi connectivity index (χ0v) is 17.0. The van der Waals surface area contributed by atoms with Gasteiger partial charge in [-0.15, -0.1) is 0 Å². The molecule has 2 heterocycles. The smallest absolute Gasteiger partial charge is 0.205 e. The fourth-order valence-corrected chi connectivity index (χ4v) is 4.35. The summed E-state index contributed by atoms with van der Waals surface area (Å²) in [6.07, 6.45) is 1.62. The minimum absolute atomic E-state index is 0.0573. The van der Waals surface area contributed by atoms with E-state index in [0.29, 0.717) is 5.69 Å². The molecule has 1 aromatic heterocycles. The highest BCUT2D eigenvalue weighted by Gasteiger charge is 2.36. The fourth-order valence-electron chi connectivity index (χ4n) is 4.35. The van der Waals surface area contributed by atoms with E-state index in [4.69, 9.17) is 6.57 Å². The number of fused-ring (bicyclic) bond motifs is 2. The van der Waals surface area contributed by atoms with Gasteiger partial charge in [-0.25, -0.2) is 4.85 Å². The zero-order valence-electron chi connectivity index (χ0n) is 17.0. The van der Waals surface area contributed by atoms with Crippen LogP contribution in [-0.2, 0) is 5.41 Å². The van der Waals surface area contributed by atoms with Crippen LogP contribution in [0.1, 0.15) is 25.0 Å². The molecule has 0 amide bonds. The van der Waals surface area contributed by atoms with Gasteiger partial charge in [-0.05, 0) is 41.5 Å². The van der Waals surface area contributed by atoms with E-state index in [2.05, 4.69) is 101 Å². The molecule has 4 aromatic rings. The van der Waals surface area contributed by atoms with Crippen molar-refractivity contribution < 1.29 is 0 Å². The molecule has 0 spiro atoms. The average molecular weight is 387 g/mol. The third-order valence-electron chi connectivity index (χ3n) is 5.93. The van der Waals surface area contributed by atoms with Gasteiger partial charge in [0, 0.05) is 22.9 Å². The van der Waals surface area contributed by atoms with E-state index in [1.54, 1.807) is 6.20 Å². The predicted octanol–water partition coefficient (Wildman–Crippen LogP) is 7.41. The second-order valence-corrected chi connectivity index (χ2v) is 8.06. The van der Waals surface area contributed by atoms with Crippen molar-refractivity contribution in [3.63, 3.8) is 0 Å². The molecular formula is C27H21N3. The highest BCUT2D eigenvalue weighted by Crippen LogP contribution is 2.51. The maximum Gasteiger partial charge on any atom is 0.205 e. The summed E-state index contributed by atoms with van der Waals surface area (Å²) in [7, 11) is 0. The number of nitrogens with zero attached hydrogens (tertiary/aromatic N) is 3. The zero-order chi connectivity index (χ0) is 20.7. The van der Waals surface area contributed by atoms with Crippen LogP contribution in [-0.4, -0.2) is 4.98 Å². The second kappa shape index (κ2) is 6.86. The third-order valence-corrected chi connectivity index (χ3v) is 5.93. The first kappa shape index (κ1) is 18.1. The van der Waals surface area contributed by atoms with Gasteiger partial charge in [-0.2, -0.15) is 0 Å². The molecule has 0 saturated carbocycles. The number of hydrogen-bond acceptors (Lipinski definition) is 2. The summed E-state index contributed by atoms with van der Waals surface area (Å²) < 4.78 is 0. The Balaban J connectivity index is 1.61. The third kappa shape index (κ3) is 2.77. The summed E-state index contributed by atoms with van der Waals surface area (Å²) in [5.74, 6) is 0. The van der Waals surface area contributed by atoms with Gasteiger partial charge in [0.05, 0.1) is 23.6 Å². The van der Waals surface area contributed by atoms with Gasteiger partial charge in [0.2, 0.25) is 5.69 Å². The maximum atomic E-state index is 7.09. The van der Waals surface area contributed by atoms with Crippen LogP contribution in [0.5, 0.6) is 0 Å². The molecule has 0 fully saturated rings. The van der Waals surface area contributed by atoms with Crippen LogP contribution in [0.4, 0.5) is 22.7 Å². The Bertz CT molecular complexity index is 1210. The van der Waals surface area contributed by atoms with Gasteiger partial charge in [-0.3, -0.25) is 4.98 Å². The molecule has 5 rings (SSSR count). The van der Waals surface area contributed by atoms with Gasteiger partial charge in [-0.1, -0.05) is 68.4 Å². The molecule has 30 heavy (non-hydrogen) atoms. The largest absolute Gasteiger partial charge is 0.310 e. The van der Waals surface area contributed by atoms with E-state index in [9.17, 15) is 0 Å². The first-order valence-electron chi connectivity index (χ1n) is 10.0. The maximum absolute atomic E-state index is 7.09. The molecule has 0 bridgehead atoms. The van der Waals surface area contributed by atoms with Gasteiger partial charge in [0.15, 0.2) is 0 Å². The number of para-hydroxylation sites is 2. The lowest BCUT2D eigenvalue weighted by Crippen LogP contribution is -2.30. The van der Waals surface area contributed by atoms with Crippen molar-refractivity contribution in [2.75, 3.05) is 4.90 Å². The number of pyridine rings is 1. The predicted molar refractivity (Wildman–Crippen MR) is 123 cm³/mol. The van der Waals surface area contributed by atoms with Crippen LogP contribution >= 0.6 is 0 Å². The highest BCUT2D eigenvalue weighted by atomic mass is 15.2. The molecule has 0 saturated heterocycles. The molecule has 1 aliphatic rings. The van der Waals surface area contributed by atoms with Crippen LogP contribution in [0.2, 0.25) is 0 Å². The van der Waals surface area contributed by atoms with Gasteiger partial charge < -0.3 is 4.90 Å². The summed E-state index contributed by atoms with van der Waals surface area (Å²) in [6.45, 7) is 11.7. The summed E-state index contributed by atoms with van der Waals surface area (Å²) in [5, 5.41) is 0. The first-order valence-corrected chi connectivity index (χ1v) is 10.0. The molecule has 0 N–H and O–H groups in total. The van der Waals surface area contributed by atoms with E-state index >= 15 is 0 Å². The molecule has 0 aliphatic carbocycles. The molecule has 0 unspecified atom stereocenters. The van der Waals surface area contributed by atoms with Gasteiger partial charge >= 0.3 is 0 Å². The van der Waals surface area contributed by atoms with Crippen molar-refractivity contribution in [2.45, 2.75) is 19.3 Å². The molecule has 3 aromatic carbocycles. The fraction of sp³-hybridized carbons (Fsp3) is 0.111. The minimum Gasteiger partial charge on any atom is -0.310 e. The Hall–Kier alpha value is -3.90. The molecule has 0 atom stereocenters. The number of rotatable bonds is 2. The van der Waals surface area contributed by atoms with Crippen LogP contribution in [0.3, 0.4) is 0 Å². The minimum atomic E-state index is -0.0573. The van der Waals surface area contributed by atoms with Crippen LogP contribution < -0.4 is 4.90 Å². The highest BCUT2D eigenvalue weighted by molar-refractivity contribution is 5.86. The quantitative estimate of drug-likeness (QED) is 0.334. The van der Waals surface area contributed by atoms with Crippen molar-refractivity contribution in [3.05, 3.63) is 114 Å². The van der Waals surface area contributed by atoms with Crippen molar-refractivity contribution in [2.24, 2.45) is 0 Å². The molecule has 0 radical (unpaired) electrons. The van der Waals surface area contributed by atoms with E-state index in [1.165, 1.54) is 22.5 Å². The lowest BCUT2D eigenvalue weighted by Gasteiger charge is -2.42. The SMILES string of the molecule is [C-]#[N+]c1ccc(-c2ccc(N3c4ccccc4C(C)(C)c4ccccc43)cc2)nc1. The van der Waals surface area contributed by atoms with E-state index in [0.717, 1.165) is 16.9 Å². The molecule has 144 valence electrons. The van der Waals surface area contributed by atoms with E-state index in [-0.39, 0.29) is 5.41 Å². The summed E-state index contributed by atoms with van der Waals surface area (Å²) >= 11 is 0. The first-order chi connectivity index (χ1) is 14.6. The van der Waals surface area contributed by atoms with E-state index < -0.39 is 0 Å². The van der Waals surface area contributed by atoms with Crippen molar-refractivity contribution in [1.29, 1.82) is 0 Å². The van der Waals surface area contributed by atoms with E-state index in [1.807, 2.05) is 12.1 Å². The van der Waals surface area contributed by atoms with Crippen molar-refractivity contribution in [3.8, 4) is 11.3 Å². The summed E-state index contributed by atoms with van der Waals surface area (Å²) in [6, 6.07) is 29.5. The summed E-state index contributed by atoms with van der Waals surface area (Å²) in [4.78, 5) is 10.2. The molecule has 1 aliphatic heterocycles. The van der Waals surface area contributed by atoms with Crippen molar-refractivity contribution in [1.82, 2.24) is 4.98 Å². The second-order valence-electron chi connectivity index (χ2n) is 8.06.